The minimum absolute atomic E-state index is 0.143. The van der Waals surface area contributed by atoms with Crippen molar-refractivity contribution in [3.8, 4) is 0 Å². The number of hydrogen-bond acceptors (Lipinski definition) is 6. The molecule has 0 saturated carbocycles. The number of ketones is 1. The molecule has 10 heteroatoms. The van der Waals surface area contributed by atoms with Crippen molar-refractivity contribution in [2.75, 3.05) is 38.2 Å². The average molecular weight is 488 g/mol. The lowest BCUT2D eigenvalue weighted by molar-refractivity contribution is 0.0988. The molecule has 0 radical (unpaired) electrons. The van der Waals surface area contributed by atoms with Gasteiger partial charge >= 0.3 is 6.03 Å². The van der Waals surface area contributed by atoms with E-state index in [-0.39, 0.29) is 24.4 Å². The Hall–Kier alpha value is -3.37. The van der Waals surface area contributed by atoms with Crippen LogP contribution in [0.1, 0.15) is 28.0 Å². The molecule has 2 amide bonds. The summed E-state index contributed by atoms with van der Waals surface area (Å²) in [6.45, 7) is 1.44. The second kappa shape index (κ2) is 11.7. The van der Waals surface area contributed by atoms with Crippen LogP contribution in [0.3, 0.4) is 0 Å². The van der Waals surface area contributed by atoms with Crippen LogP contribution in [0.25, 0.3) is 0 Å². The second-order valence-electron chi connectivity index (χ2n) is 8.14. The van der Waals surface area contributed by atoms with Crippen LogP contribution in [0.5, 0.6) is 0 Å². The molecule has 2 aromatic heterocycles. The molecule has 1 aromatic carbocycles. The molecular weight excluding hydrogens is 460 g/mol. The van der Waals surface area contributed by atoms with E-state index < -0.39 is 17.7 Å². The molecule has 0 spiro atoms. The number of nitrogens with zero attached hydrogens (tertiary/aromatic N) is 3. The molecule has 0 unspecified atom stereocenters. The van der Waals surface area contributed by atoms with Crippen molar-refractivity contribution in [1.29, 1.82) is 0 Å². The maximum atomic E-state index is 13.5. The van der Waals surface area contributed by atoms with Gasteiger partial charge in [-0.25, -0.2) is 13.6 Å². The Labute approximate surface area is 201 Å². The van der Waals surface area contributed by atoms with Gasteiger partial charge in [0.25, 0.3) is 0 Å². The molecule has 0 aliphatic carbocycles. The summed E-state index contributed by atoms with van der Waals surface area (Å²) in [4.78, 5) is 33.2. The van der Waals surface area contributed by atoms with Crippen molar-refractivity contribution in [3.05, 3.63) is 75.7 Å². The predicted octanol–water partition coefficient (Wildman–Crippen LogP) is 4.41. The SMILES string of the molecule is CN(C)CCCN(Cc1ccc(C(=O)Cc2cscc2N)nc1)C(=O)Nc1ccc(F)c(F)c1. The summed E-state index contributed by atoms with van der Waals surface area (Å²) in [5, 5.41) is 6.24. The van der Waals surface area contributed by atoms with Crippen molar-refractivity contribution in [1.82, 2.24) is 14.8 Å². The molecule has 180 valence electrons. The summed E-state index contributed by atoms with van der Waals surface area (Å²) in [5.41, 5.74) is 8.44. The van der Waals surface area contributed by atoms with E-state index in [0.717, 1.165) is 29.8 Å². The zero-order valence-electron chi connectivity index (χ0n) is 19.1. The highest BCUT2D eigenvalue weighted by Crippen LogP contribution is 2.19. The van der Waals surface area contributed by atoms with Crippen LogP contribution in [0, 0.1) is 11.6 Å². The number of aromatic nitrogens is 1. The molecule has 0 fully saturated rings. The van der Waals surface area contributed by atoms with Gasteiger partial charge in [0, 0.05) is 48.5 Å². The summed E-state index contributed by atoms with van der Waals surface area (Å²) in [6.07, 6.45) is 2.45. The number of nitrogen functional groups attached to an aromatic ring is 1. The van der Waals surface area contributed by atoms with Crippen molar-refractivity contribution in [2.45, 2.75) is 19.4 Å². The van der Waals surface area contributed by atoms with Gasteiger partial charge in [-0.15, -0.1) is 11.3 Å². The molecule has 0 saturated heterocycles. The normalized spacial score (nSPS) is 11.0. The average Bonchev–Trinajstić information content (AvgIpc) is 3.20. The van der Waals surface area contributed by atoms with Gasteiger partial charge in [0.2, 0.25) is 0 Å². The van der Waals surface area contributed by atoms with Crippen LogP contribution < -0.4 is 11.1 Å². The Morgan fingerprint density at radius 2 is 1.88 bits per heavy atom. The summed E-state index contributed by atoms with van der Waals surface area (Å²) < 4.78 is 26.7. The first-order valence-corrected chi connectivity index (χ1v) is 11.6. The molecule has 0 bridgehead atoms. The zero-order chi connectivity index (χ0) is 24.7. The number of hydrogen-bond donors (Lipinski definition) is 2. The van der Waals surface area contributed by atoms with Crippen LogP contribution >= 0.6 is 11.3 Å². The minimum atomic E-state index is -1.04. The highest BCUT2D eigenvalue weighted by molar-refractivity contribution is 7.08. The molecule has 2 heterocycles. The minimum Gasteiger partial charge on any atom is -0.398 e. The van der Waals surface area contributed by atoms with Gasteiger partial charge in [-0.2, -0.15) is 0 Å². The Bertz CT molecular complexity index is 1130. The fourth-order valence-corrected chi connectivity index (χ4v) is 4.00. The topological polar surface area (TPSA) is 91.6 Å². The summed E-state index contributed by atoms with van der Waals surface area (Å²) in [7, 11) is 3.88. The van der Waals surface area contributed by atoms with Crippen molar-refractivity contribution >= 4 is 34.5 Å². The number of anilines is 2. The summed E-state index contributed by atoms with van der Waals surface area (Å²) in [6, 6.07) is 6.14. The largest absolute Gasteiger partial charge is 0.398 e. The Morgan fingerprint density at radius 1 is 1.09 bits per heavy atom. The fourth-order valence-electron chi connectivity index (χ4n) is 3.25. The maximum Gasteiger partial charge on any atom is 0.322 e. The number of Topliss-reactive ketones (excluding diaryl/α,β-unsaturated/α-hetero) is 1. The number of nitrogens with one attached hydrogen (secondary N) is 1. The third-order valence-electron chi connectivity index (χ3n) is 5.10. The van der Waals surface area contributed by atoms with Gasteiger partial charge in [0.15, 0.2) is 17.4 Å². The monoisotopic (exact) mass is 487 g/mol. The number of carbonyl (C=O) groups excluding carboxylic acids is 2. The van der Waals surface area contributed by atoms with Crippen molar-refractivity contribution < 1.29 is 18.4 Å². The first kappa shape index (κ1) is 25.3. The van der Waals surface area contributed by atoms with Gasteiger partial charge in [-0.3, -0.25) is 9.78 Å². The fraction of sp³-hybridized carbons (Fsp3) is 0.292. The Morgan fingerprint density at radius 3 is 2.50 bits per heavy atom. The molecule has 3 N–H and O–H groups in total. The molecule has 0 atom stereocenters. The van der Waals surface area contributed by atoms with E-state index in [4.69, 9.17) is 5.73 Å². The molecule has 34 heavy (non-hydrogen) atoms. The van der Waals surface area contributed by atoms with E-state index >= 15 is 0 Å². The lowest BCUT2D eigenvalue weighted by Crippen LogP contribution is -2.36. The number of benzene rings is 1. The van der Waals surface area contributed by atoms with Crippen LogP contribution in [0.2, 0.25) is 0 Å². The van der Waals surface area contributed by atoms with Gasteiger partial charge in [0.1, 0.15) is 5.69 Å². The number of carbonyl (C=O) groups is 2. The number of urea groups is 1. The predicted molar refractivity (Wildman–Crippen MR) is 130 cm³/mol. The molecular formula is C24H27F2N5O2S. The first-order valence-electron chi connectivity index (χ1n) is 10.7. The van der Waals surface area contributed by atoms with Crippen LogP contribution in [0.4, 0.5) is 25.0 Å². The van der Waals surface area contributed by atoms with E-state index in [2.05, 4.69) is 10.3 Å². The molecule has 7 nitrogen and oxygen atoms in total. The van der Waals surface area contributed by atoms with Crippen molar-refractivity contribution in [3.63, 3.8) is 0 Å². The third-order valence-corrected chi connectivity index (χ3v) is 5.91. The smallest absolute Gasteiger partial charge is 0.322 e. The molecule has 3 aromatic rings. The zero-order valence-corrected chi connectivity index (χ0v) is 19.9. The van der Waals surface area contributed by atoms with Crippen LogP contribution in [0.15, 0.2) is 47.3 Å². The van der Waals surface area contributed by atoms with E-state index in [9.17, 15) is 18.4 Å². The lowest BCUT2D eigenvalue weighted by atomic mass is 10.1. The Kier molecular flexibility index (Phi) is 8.67. The number of halogens is 2. The summed E-state index contributed by atoms with van der Waals surface area (Å²) in [5.74, 6) is -2.16. The van der Waals surface area contributed by atoms with Crippen LogP contribution in [-0.4, -0.2) is 53.8 Å². The molecule has 0 aliphatic rings. The highest BCUT2D eigenvalue weighted by Gasteiger charge is 2.17. The van der Waals surface area contributed by atoms with Gasteiger partial charge in [0.05, 0.1) is 0 Å². The Balaban J connectivity index is 1.68. The standard InChI is InChI=1S/C24H27F2N5O2S/c1-30(2)8-3-9-31(24(33)29-18-5-6-19(25)20(26)11-18)13-16-4-7-22(28-12-16)23(32)10-17-14-34-15-21(17)27/h4-7,11-12,14-15H,3,8-10,13,27H2,1-2H3,(H,29,33). The van der Waals surface area contributed by atoms with Gasteiger partial charge in [-0.05, 0) is 61.8 Å². The van der Waals surface area contributed by atoms with Crippen molar-refractivity contribution in [2.24, 2.45) is 0 Å². The number of amides is 2. The van der Waals surface area contributed by atoms with E-state index in [1.54, 1.807) is 28.6 Å². The molecule has 0 aliphatic heterocycles. The summed E-state index contributed by atoms with van der Waals surface area (Å²) >= 11 is 1.44. The van der Waals surface area contributed by atoms with E-state index in [1.807, 2.05) is 24.4 Å². The van der Waals surface area contributed by atoms with E-state index in [0.29, 0.717) is 24.3 Å². The highest BCUT2D eigenvalue weighted by atomic mass is 32.1. The molecule has 3 rings (SSSR count). The van der Waals surface area contributed by atoms with Gasteiger partial charge < -0.3 is 20.9 Å². The third kappa shape index (κ3) is 7.06. The maximum absolute atomic E-state index is 13.5. The lowest BCUT2D eigenvalue weighted by Gasteiger charge is -2.24. The van der Waals surface area contributed by atoms with E-state index in [1.165, 1.54) is 17.4 Å². The quantitative estimate of drug-likeness (QED) is 0.413. The van der Waals surface area contributed by atoms with Gasteiger partial charge in [-0.1, -0.05) is 6.07 Å². The number of rotatable bonds is 10. The van der Waals surface area contributed by atoms with Crippen LogP contribution in [-0.2, 0) is 13.0 Å². The second-order valence-corrected chi connectivity index (χ2v) is 8.89. The number of nitrogens with two attached hydrogens (primary N) is 1. The number of thiophene rings is 1. The number of pyridine rings is 1. The first-order chi connectivity index (χ1) is 16.2.